The van der Waals surface area contributed by atoms with Crippen LogP contribution in [0.5, 0.6) is 0 Å². The van der Waals surface area contributed by atoms with Crippen molar-refractivity contribution in [2.24, 2.45) is 5.92 Å². The zero-order valence-corrected chi connectivity index (χ0v) is 17.5. The Morgan fingerprint density at radius 1 is 1.52 bits per heavy atom. The molecule has 1 unspecified atom stereocenters. The third kappa shape index (κ3) is 4.04. The normalized spacial score (nSPS) is 16.3. The van der Waals surface area contributed by atoms with Gasteiger partial charge in [0.05, 0.1) is 10.6 Å². The molecule has 1 amide bonds. The van der Waals surface area contributed by atoms with E-state index in [1.54, 1.807) is 22.7 Å². The van der Waals surface area contributed by atoms with Crippen molar-refractivity contribution in [3.63, 3.8) is 0 Å². The second-order valence-electron chi connectivity index (χ2n) is 6.69. The number of aromatic nitrogens is 4. The monoisotopic (exact) mass is 419 g/mol. The van der Waals surface area contributed by atoms with Crippen LogP contribution in [0.25, 0.3) is 10.7 Å². The standard InChI is InChI=1S/C18H21N5OS3/c1-2-11-5-6-12-14(10-11)27-17(19-12)20-15(24)7-8-23-16(21-22-18(23)25)13-4-3-9-26-13/h3-4,9,11H,2,5-8,10H2,1H3,(H,22,25)(H,19,20,24). The molecular weight excluding hydrogens is 398 g/mol. The van der Waals surface area contributed by atoms with Crippen LogP contribution in [0.2, 0.25) is 0 Å². The van der Waals surface area contributed by atoms with E-state index in [1.165, 1.54) is 17.7 Å². The molecule has 0 radical (unpaired) electrons. The van der Waals surface area contributed by atoms with Gasteiger partial charge in [-0.15, -0.1) is 22.7 Å². The van der Waals surface area contributed by atoms with E-state index in [1.807, 2.05) is 22.1 Å². The van der Waals surface area contributed by atoms with Crippen molar-refractivity contribution in [1.29, 1.82) is 0 Å². The Morgan fingerprint density at radius 2 is 2.41 bits per heavy atom. The van der Waals surface area contributed by atoms with Crippen LogP contribution >= 0.6 is 34.9 Å². The number of aromatic amines is 1. The fraction of sp³-hybridized carbons (Fsp3) is 0.444. The molecule has 0 saturated carbocycles. The number of thiophene rings is 1. The average molecular weight is 420 g/mol. The molecule has 0 aliphatic heterocycles. The van der Waals surface area contributed by atoms with Gasteiger partial charge in [0, 0.05) is 17.8 Å². The van der Waals surface area contributed by atoms with Crippen LogP contribution in [0.3, 0.4) is 0 Å². The molecule has 2 N–H and O–H groups in total. The highest BCUT2D eigenvalue weighted by Crippen LogP contribution is 2.33. The third-order valence-electron chi connectivity index (χ3n) is 4.93. The summed E-state index contributed by atoms with van der Waals surface area (Å²) in [7, 11) is 0. The van der Waals surface area contributed by atoms with Gasteiger partial charge < -0.3 is 5.32 Å². The molecule has 0 spiro atoms. The van der Waals surface area contributed by atoms with Gasteiger partial charge in [-0.2, -0.15) is 5.10 Å². The Bertz CT molecular complexity index is 985. The van der Waals surface area contributed by atoms with Crippen LogP contribution in [-0.4, -0.2) is 25.7 Å². The van der Waals surface area contributed by atoms with Crippen molar-refractivity contribution >= 4 is 45.9 Å². The van der Waals surface area contributed by atoms with Gasteiger partial charge >= 0.3 is 0 Å². The summed E-state index contributed by atoms with van der Waals surface area (Å²) >= 11 is 8.54. The predicted octanol–water partition coefficient (Wildman–Crippen LogP) is 4.67. The molecule has 9 heteroatoms. The number of aryl methyl sites for hydroxylation is 1. The zero-order chi connectivity index (χ0) is 18.8. The van der Waals surface area contributed by atoms with E-state index in [9.17, 15) is 4.79 Å². The Balaban J connectivity index is 1.40. The lowest BCUT2D eigenvalue weighted by Crippen LogP contribution is -2.15. The highest BCUT2D eigenvalue weighted by Gasteiger charge is 2.22. The van der Waals surface area contributed by atoms with Gasteiger partial charge in [0.2, 0.25) is 5.91 Å². The number of H-pyrrole nitrogens is 1. The molecule has 0 aromatic carbocycles. The fourth-order valence-corrected chi connectivity index (χ4v) is 5.44. The quantitative estimate of drug-likeness (QED) is 0.569. The molecular formula is C18H21N5OS3. The van der Waals surface area contributed by atoms with E-state index in [0.29, 0.717) is 17.7 Å². The maximum Gasteiger partial charge on any atom is 0.227 e. The van der Waals surface area contributed by atoms with E-state index < -0.39 is 0 Å². The van der Waals surface area contributed by atoms with Gasteiger partial charge in [-0.25, -0.2) is 4.98 Å². The molecule has 3 heterocycles. The van der Waals surface area contributed by atoms with Crippen LogP contribution < -0.4 is 5.32 Å². The van der Waals surface area contributed by atoms with Crippen molar-refractivity contribution in [3.05, 3.63) is 32.9 Å². The lowest BCUT2D eigenvalue weighted by Gasteiger charge is -2.18. The third-order valence-corrected chi connectivity index (χ3v) is 7.14. The van der Waals surface area contributed by atoms with Crippen molar-refractivity contribution in [2.45, 2.75) is 45.6 Å². The van der Waals surface area contributed by atoms with E-state index in [-0.39, 0.29) is 5.91 Å². The number of nitrogens with zero attached hydrogens (tertiary/aromatic N) is 3. The van der Waals surface area contributed by atoms with Gasteiger partial charge in [0.1, 0.15) is 0 Å². The van der Waals surface area contributed by atoms with Gasteiger partial charge in [-0.05, 0) is 48.8 Å². The van der Waals surface area contributed by atoms with Gasteiger partial charge in [-0.1, -0.05) is 19.4 Å². The number of carbonyl (C=O) groups is 1. The van der Waals surface area contributed by atoms with Crippen LogP contribution in [-0.2, 0) is 24.2 Å². The summed E-state index contributed by atoms with van der Waals surface area (Å²) < 4.78 is 2.40. The summed E-state index contributed by atoms with van der Waals surface area (Å²) in [5, 5.41) is 12.8. The minimum Gasteiger partial charge on any atom is -0.302 e. The molecule has 0 fully saturated rings. The number of thiazole rings is 1. The number of hydrogen-bond acceptors (Lipinski definition) is 6. The van der Waals surface area contributed by atoms with Gasteiger partial charge in [0.25, 0.3) is 0 Å². The molecule has 1 atom stereocenters. The lowest BCUT2D eigenvalue weighted by molar-refractivity contribution is -0.116. The summed E-state index contributed by atoms with van der Waals surface area (Å²) in [6.45, 7) is 2.72. The first kappa shape index (κ1) is 18.5. The molecule has 142 valence electrons. The maximum absolute atomic E-state index is 12.4. The minimum atomic E-state index is -0.0478. The lowest BCUT2D eigenvalue weighted by atomic mass is 9.89. The van der Waals surface area contributed by atoms with E-state index in [0.717, 1.165) is 40.3 Å². The first-order chi connectivity index (χ1) is 13.1. The number of carbonyl (C=O) groups excluding carboxylic acids is 1. The molecule has 3 aromatic rings. The SMILES string of the molecule is CCC1CCc2nc(NC(=O)CCn3c(-c4cccs4)n[nH]c3=S)sc2C1. The van der Waals surface area contributed by atoms with Crippen LogP contribution in [0, 0.1) is 10.7 Å². The van der Waals surface area contributed by atoms with E-state index in [4.69, 9.17) is 12.2 Å². The Labute approximate surface area is 170 Å². The van der Waals surface area contributed by atoms with E-state index in [2.05, 4.69) is 27.4 Å². The number of nitrogens with one attached hydrogen (secondary N) is 2. The molecule has 0 saturated heterocycles. The Morgan fingerprint density at radius 3 is 3.19 bits per heavy atom. The number of fused-ring (bicyclic) bond motifs is 1. The summed E-state index contributed by atoms with van der Waals surface area (Å²) in [4.78, 5) is 19.4. The number of hydrogen-bond donors (Lipinski definition) is 2. The molecule has 27 heavy (non-hydrogen) atoms. The topological polar surface area (TPSA) is 75.6 Å². The molecule has 1 aliphatic rings. The van der Waals surface area contributed by atoms with Crippen molar-refractivity contribution in [1.82, 2.24) is 19.7 Å². The smallest absolute Gasteiger partial charge is 0.227 e. The van der Waals surface area contributed by atoms with Crippen molar-refractivity contribution in [2.75, 3.05) is 5.32 Å². The zero-order valence-electron chi connectivity index (χ0n) is 15.0. The maximum atomic E-state index is 12.4. The van der Waals surface area contributed by atoms with Crippen molar-refractivity contribution < 1.29 is 4.79 Å². The Kier molecular flexibility index (Phi) is 5.51. The second kappa shape index (κ2) is 8.04. The summed E-state index contributed by atoms with van der Waals surface area (Å²) in [6, 6.07) is 3.97. The molecule has 3 aromatic heterocycles. The summed E-state index contributed by atoms with van der Waals surface area (Å²) in [5.74, 6) is 1.48. The number of rotatable bonds is 6. The predicted molar refractivity (Wildman–Crippen MR) is 112 cm³/mol. The van der Waals surface area contributed by atoms with Crippen LogP contribution in [0.15, 0.2) is 17.5 Å². The molecule has 0 bridgehead atoms. The molecule has 6 nitrogen and oxygen atoms in total. The largest absolute Gasteiger partial charge is 0.302 e. The number of anilines is 1. The molecule has 1 aliphatic carbocycles. The first-order valence-electron chi connectivity index (χ1n) is 9.11. The highest BCUT2D eigenvalue weighted by atomic mass is 32.1. The van der Waals surface area contributed by atoms with Crippen LogP contribution in [0.1, 0.15) is 36.8 Å². The van der Waals surface area contributed by atoms with Crippen LogP contribution in [0.4, 0.5) is 5.13 Å². The Hall–Kier alpha value is -1.84. The van der Waals surface area contributed by atoms with E-state index >= 15 is 0 Å². The average Bonchev–Trinajstić information content (AvgIpc) is 3.38. The molecule has 4 rings (SSSR count). The second-order valence-corrected chi connectivity index (χ2v) is 9.10. The fourth-order valence-electron chi connectivity index (χ4n) is 3.36. The number of amides is 1. The van der Waals surface area contributed by atoms with Crippen molar-refractivity contribution in [3.8, 4) is 10.7 Å². The summed E-state index contributed by atoms with van der Waals surface area (Å²) in [6.07, 6.45) is 4.85. The summed E-state index contributed by atoms with van der Waals surface area (Å²) in [5.41, 5.74) is 1.16. The highest BCUT2D eigenvalue weighted by molar-refractivity contribution is 7.71. The van der Waals surface area contributed by atoms with Gasteiger partial charge in [0.15, 0.2) is 15.7 Å². The minimum absolute atomic E-state index is 0.0478. The first-order valence-corrected chi connectivity index (χ1v) is 11.2. The van der Waals surface area contributed by atoms with Gasteiger partial charge in [-0.3, -0.25) is 14.5 Å².